The lowest BCUT2D eigenvalue weighted by atomic mass is 10.1. The summed E-state index contributed by atoms with van der Waals surface area (Å²) in [5, 5.41) is 9.07. The molecule has 0 heterocycles. The van der Waals surface area contributed by atoms with Crippen LogP contribution in [0.3, 0.4) is 0 Å². The Labute approximate surface area is 106 Å². The second-order valence-corrected chi connectivity index (χ2v) is 4.45. The van der Waals surface area contributed by atoms with Crippen molar-refractivity contribution < 1.29 is 19.1 Å². The topological polar surface area (TPSA) is 57.6 Å². The van der Waals surface area contributed by atoms with E-state index in [1.807, 2.05) is 0 Å². The highest BCUT2D eigenvalue weighted by molar-refractivity contribution is 9.10. The van der Waals surface area contributed by atoms with Crippen LogP contribution in [0, 0.1) is 5.82 Å². The average molecular weight is 304 g/mol. The predicted octanol–water partition coefficient (Wildman–Crippen LogP) is 2.19. The number of aliphatic carboxylic acids is 1. The van der Waals surface area contributed by atoms with Crippen molar-refractivity contribution in [2.75, 3.05) is 7.05 Å². The molecular weight excluding hydrogens is 293 g/mol. The van der Waals surface area contributed by atoms with Crippen molar-refractivity contribution in [1.82, 2.24) is 4.90 Å². The molecule has 1 amide bonds. The molecule has 1 unspecified atom stereocenters. The molecule has 1 aromatic rings. The second kappa shape index (κ2) is 5.27. The van der Waals surface area contributed by atoms with Crippen molar-refractivity contribution in [1.29, 1.82) is 0 Å². The normalized spacial score (nSPS) is 12.0. The van der Waals surface area contributed by atoms with Gasteiger partial charge in [-0.05, 0) is 12.1 Å². The predicted molar refractivity (Wildman–Crippen MR) is 62.9 cm³/mol. The van der Waals surface area contributed by atoms with Gasteiger partial charge in [0.1, 0.15) is 5.82 Å². The zero-order valence-electron chi connectivity index (χ0n) is 9.28. The number of benzene rings is 1. The number of carboxylic acids is 1. The second-order valence-electron chi connectivity index (χ2n) is 3.54. The van der Waals surface area contributed by atoms with E-state index < -0.39 is 23.7 Å². The van der Waals surface area contributed by atoms with Crippen LogP contribution in [-0.2, 0) is 9.59 Å². The van der Waals surface area contributed by atoms with Crippen molar-refractivity contribution in [2.24, 2.45) is 0 Å². The Kier molecular flexibility index (Phi) is 4.22. The lowest BCUT2D eigenvalue weighted by molar-refractivity contribution is -0.148. The number of rotatable bonds is 3. The minimum absolute atomic E-state index is 0.0431. The maximum Gasteiger partial charge on any atom is 0.331 e. The van der Waals surface area contributed by atoms with E-state index in [-0.39, 0.29) is 5.56 Å². The van der Waals surface area contributed by atoms with Gasteiger partial charge in [0.05, 0.1) is 0 Å². The molecule has 1 aromatic carbocycles. The summed E-state index contributed by atoms with van der Waals surface area (Å²) in [6, 6.07) is 2.72. The first-order valence-corrected chi connectivity index (χ1v) is 5.55. The number of carbonyl (C=O) groups excluding carboxylic acids is 1. The molecular formula is C11H11BrFNO3. The van der Waals surface area contributed by atoms with Gasteiger partial charge in [0.25, 0.3) is 0 Å². The fourth-order valence-corrected chi connectivity index (χ4v) is 1.75. The molecule has 0 aliphatic carbocycles. The number of likely N-dealkylation sites (N-methyl/N-ethyl adjacent to an activating group) is 1. The van der Waals surface area contributed by atoms with E-state index in [0.717, 1.165) is 4.90 Å². The van der Waals surface area contributed by atoms with Crippen molar-refractivity contribution in [3.05, 3.63) is 34.1 Å². The molecule has 17 heavy (non-hydrogen) atoms. The first kappa shape index (κ1) is 13.6. The first-order chi connectivity index (χ1) is 7.84. The molecule has 0 bridgehead atoms. The summed E-state index contributed by atoms with van der Waals surface area (Å²) in [6.45, 7) is 1.23. The zero-order chi connectivity index (χ0) is 13.2. The van der Waals surface area contributed by atoms with Crippen LogP contribution in [0.15, 0.2) is 22.7 Å². The monoisotopic (exact) mass is 303 g/mol. The molecule has 0 radical (unpaired) electrons. The molecule has 0 aromatic heterocycles. The fourth-order valence-electron chi connectivity index (χ4n) is 1.41. The van der Waals surface area contributed by atoms with Crippen LogP contribution >= 0.6 is 15.9 Å². The van der Waals surface area contributed by atoms with Gasteiger partial charge in [-0.2, -0.15) is 0 Å². The van der Waals surface area contributed by atoms with Crippen LogP contribution in [0.2, 0.25) is 0 Å². The summed E-state index contributed by atoms with van der Waals surface area (Å²) in [6.07, 6.45) is 0. The van der Waals surface area contributed by atoms with E-state index in [1.54, 1.807) is 0 Å². The van der Waals surface area contributed by atoms with E-state index in [9.17, 15) is 14.0 Å². The van der Waals surface area contributed by atoms with Crippen LogP contribution < -0.4 is 0 Å². The average Bonchev–Trinajstić information content (AvgIpc) is 2.20. The van der Waals surface area contributed by atoms with Gasteiger partial charge >= 0.3 is 5.97 Å². The standard InChI is InChI=1S/C11H11BrFNO3/c1-6(15)14(2)10(11(16)17)8-4-3-7(12)5-9(8)13/h3-5,10H,1-2H3,(H,16,17). The third-order valence-electron chi connectivity index (χ3n) is 2.37. The number of carbonyl (C=O) groups is 2. The Hall–Kier alpha value is -1.43. The van der Waals surface area contributed by atoms with Crippen LogP contribution in [0.1, 0.15) is 18.5 Å². The van der Waals surface area contributed by atoms with Gasteiger partial charge in [-0.15, -0.1) is 0 Å². The molecule has 0 aliphatic heterocycles. The summed E-state index contributed by atoms with van der Waals surface area (Å²) in [5.74, 6) is -2.39. The molecule has 0 aliphatic rings. The van der Waals surface area contributed by atoms with Gasteiger partial charge in [0, 0.05) is 24.0 Å². The summed E-state index contributed by atoms with van der Waals surface area (Å²) in [4.78, 5) is 23.3. The highest BCUT2D eigenvalue weighted by Gasteiger charge is 2.29. The molecule has 6 heteroatoms. The van der Waals surface area contributed by atoms with Gasteiger partial charge in [-0.3, -0.25) is 4.79 Å². The molecule has 1 N–H and O–H groups in total. The highest BCUT2D eigenvalue weighted by Crippen LogP contribution is 2.25. The molecule has 1 rings (SSSR count). The minimum atomic E-state index is -1.32. The van der Waals surface area contributed by atoms with E-state index in [2.05, 4.69) is 15.9 Å². The number of halogens is 2. The Balaban J connectivity index is 3.23. The Morgan fingerprint density at radius 3 is 2.47 bits per heavy atom. The van der Waals surface area contributed by atoms with Crippen molar-refractivity contribution in [3.63, 3.8) is 0 Å². The number of amides is 1. The Morgan fingerprint density at radius 2 is 2.06 bits per heavy atom. The van der Waals surface area contributed by atoms with Crippen molar-refractivity contribution >= 4 is 27.8 Å². The molecule has 1 atom stereocenters. The lowest BCUT2D eigenvalue weighted by Gasteiger charge is -2.24. The summed E-state index contributed by atoms with van der Waals surface area (Å²) < 4.78 is 14.2. The van der Waals surface area contributed by atoms with E-state index >= 15 is 0 Å². The van der Waals surface area contributed by atoms with Gasteiger partial charge in [-0.25, -0.2) is 9.18 Å². The molecule has 0 fully saturated rings. The number of hydrogen-bond acceptors (Lipinski definition) is 2. The van der Waals surface area contributed by atoms with Gasteiger partial charge in [-0.1, -0.05) is 22.0 Å². The van der Waals surface area contributed by atoms with Crippen LogP contribution in [0.5, 0.6) is 0 Å². The number of hydrogen-bond donors (Lipinski definition) is 1. The smallest absolute Gasteiger partial charge is 0.331 e. The molecule has 4 nitrogen and oxygen atoms in total. The largest absolute Gasteiger partial charge is 0.479 e. The third-order valence-corrected chi connectivity index (χ3v) is 2.87. The van der Waals surface area contributed by atoms with Crippen LogP contribution in [-0.4, -0.2) is 28.9 Å². The van der Waals surface area contributed by atoms with E-state index in [0.29, 0.717) is 4.47 Å². The number of nitrogens with zero attached hydrogens (tertiary/aromatic N) is 1. The van der Waals surface area contributed by atoms with Gasteiger partial charge in [0.15, 0.2) is 6.04 Å². The Bertz CT molecular complexity index is 464. The highest BCUT2D eigenvalue weighted by atomic mass is 79.9. The van der Waals surface area contributed by atoms with Crippen LogP contribution in [0.4, 0.5) is 4.39 Å². The molecule has 92 valence electrons. The third kappa shape index (κ3) is 3.03. The summed E-state index contributed by atoms with van der Waals surface area (Å²) in [7, 11) is 1.32. The lowest BCUT2D eigenvalue weighted by Crippen LogP contribution is -2.34. The van der Waals surface area contributed by atoms with Crippen LogP contribution in [0.25, 0.3) is 0 Å². The van der Waals surface area contributed by atoms with Gasteiger partial charge in [0.2, 0.25) is 5.91 Å². The minimum Gasteiger partial charge on any atom is -0.479 e. The first-order valence-electron chi connectivity index (χ1n) is 4.75. The summed E-state index contributed by atoms with van der Waals surface area (Å²) >= 11 is 3.08. The number of carboxylic acid groups (broad SMARTS) is 1. The maximum absolute atomic E-state index is 13.7. The zero-order valence-corrected chi connectivity index (χ0v) is 10.9. The molecule has 0 spiro atoms. The van der Waals surface area contributed by atoms with Crippen molar-refractivity contribution in [3.8, 4) is 0 Å². The summed E-state index contributed by atoms with van der Waals surface area (Å²) in [5.41, 5.74) is -0.0431. The quantitative estimate of drug-likeness (QED) is 0.931. The van der Waals surface area contributed by atoms with E-state index in [4.69, 9.17) is 5.11 Å². The SMILES string of the molecule is CC(=O)N(C)C(C(=O)O)c1ccc(Br)cc1F. The fraction of sp³-hybridized carbons (Fsp3) is 0.273. The molecule has 0 saturated heterocycles. The van der Waals surface area contributed by atoms with Crippen molar-refractivity contribution in [2.45, 2.75) is 13.0 Å². The van der Waals surface area contributed by atoms with Gasteiger partial charge < -0.3 is 10.0 Å². The Morgan fingerprint density at radius 1 is 1.47 bits per heavy atom. The molecule has 0 saturated carbocycles. The maximum atomic E-state index is 13.7. The van der Waals surface area contributed by atoms with E-state index in [1.165, 1.54) is 32.2 Å².